The molecular weight excluding hydrogens is 379 g/mol. The van der Waals surface area contributed by atoms with E-state index < -0.39 is 0 Å². The van der Waals surface area contributed by atoms with Crippen LogP contribution in [0.4, 0.5) is 0 Å². The summed E-state index contributed by atoms with van der Waals surface area (Å²) in [5.41, 5.74) is 3.41. The molecule has 2 heterocycles. The fourth-order valence-electron chi connectivity index (χ4n) is 3.57. The Labute approximate surface area is 169 Å². The third kappa shape index (κ3) is 4.70. The molecule has 1 aliphatic heterocycles. The van der Waals surface area contributed by atoms with Crippen LogP contribution >= 0.6 is 23.2 Å². The summed E-state index contributed by atoms with van der Waals surface area (Å²) in [7, 11) is 0. The van der Waals surface area contributed by atoms with Crippen LogP contribution in [-0.4, -0.2) is 39.5 Å². The van der Waals surface area contributed by atoms with E-state index in [-0.39, 0.29) is 0 Å². The Hall–Kier alpha value is -1.88. The lowest BCUT2D eigenvalue weighted by Crippen LogP contribution is -2.34. The van der Waals surface area contributed by atoms with E-state index in [2.05, 4.69) is 33.5 Å². The molecule has 0 aliphatic carbocycles. The SMILES string of the molecule is Clc1ccc(CCN2CCC(c3cn(-c4ccc(Cl)cc4)nn3)CC2)cc1. The lowest BCUT2D eigenvalue weighted by atomic mass is 9.94. The molecule has 0 N–H and O–H groups in total. The second kappa shape index (κ2) is 8.42. The summed E-state index contributed by atoms with van der Waals surface area (Å²) < 4.78 is 1.83. The van der Waals surface area contributed by atoms with Crippen molar-refractivity contribution in [2.24, 2.45) is 0 Å². The quantitative estimate of drug-likeness (QED) is 0.604. The Morgan fingerprint density at radius 1 is 0.889 bits per heavy atom. The summed E-state index contributed by atoms with van der Waals surface area (Å²) in [6.07, 6.45) is 5.37. The van der Waals surface area contributed by atoms with Gasteiger partial charge in [0.15, 0.2) is 0 Å². The maximum Gasteiger partial charge on any atom is 0.0863 e. The Bertz CT molecular complexity index is 866. The second-order valence-corrected chi connectivity index (χ2v) is 7.93. The highest BCUT2D eigenvalue weighted by Crippen LogP contribution is 2.27. The zero-order valence-electron chi connectivity index (χ0n) is 15.1. The average molecular weight is 401 g/mol. The predicted molar refractivity (Wildman–Crippen MR) is 110 cm³/mol. The fourth-order valence-corrected chi connectivity index (χ4v) is 3.83. The minimum atomic E-state index is 0.484. The second-order valence-electron chi connectivity index (χ2n) is 7.06. The van der Waals surface area contributed by atoms with Crippen molar-refractivity contribution in [2.75, 3.05) is 19.6 Å². The van der Waals surface area contributed by atoms with Crippen molar-refractivity contribution in [1.82, 2.24) is 19.9 Å². The van der Waals surface area contributed by atoms with Crippen LogP contribution in [0.3, 0.4) is 0 Å². The van der Waals surface area contributed by atoms with Gasteiger partial charge in [-0.05, 0) is 74.3 Å². The van der Waals surface area contributed by atoms with E-state index in [1.807, 2.05) is 41.1 Å². The normalized spacial score (nSPS) is 15.9. The van der Waals surface area contributed by atoms with Gasteiger partial charge >= 0.3 is 0 Å². The predicted octanol–water partition coefficient (Wildman–Crippen LogP) is 5.00. The molecule has 0 radical (unpaired) electrons. The Morgan fingerprint density at radius 2 is 1.52 bits per heavy atom. The van der Waals surface area contributed by atoms with Crippen LogP contribution in [0.1, 0.15) is 30.0 Å². The third-order valence-electron chi connectivity index (χ3n) is 5.24. The van der Waals surface area contributed by atoms with Gasteiger partial charge in [-0.2, -0.15) is 0 Å². The number of piperidine rings is 1. The number of aromatic nitrogens is 3. The van der Waals surface area contributed by atoms with Gasteiger partial charge in [0.05, 0.1) is 17.6 Å². The van der Waals surface area contributed by atoms with Gasteiger partial charge in [0.2, 0.25) is 0 Å². The molecule has 0 amide bonds. The van der Waals surface area contributed by atoms with Crippen LogP contribution in [0.15, 0.2) is 54.7 Å². The van der Waals surface area contributed by atoms with E-state index in [1.165, 1.54) is 5.56 Å². The van der Waals surface area contributed by atoms with Crippen LogP contribution in [0.5, 0.6) is 0 Å². The summed E-state index contributed by atoms with van der Waals surface area (Å²) in [6, 6.07) is 15.8. The fraction of sp³-hybridized carbons (Fsp3) is 0.333. The van der Waals surface area contributed by atoms with Crippen LogP contribution < -0.4 is 0 Å². The Balaban J connectivity index is 1.30. The standard InChI is InChI=1S/C21H22Cl2N4/c22-18-3-1-16(2-4-18)9-12-26-13-10-17(11-14-26)21-15-27(25-24-21)20-7-5-19(23)6-8-20/h1-8,15,17H,9-14H2. The van der Waals surface area contributed by atoms with Crippen LogP contribution in [0, 0.1) is 0 Å². The molecule has 0 unspecified atom stereocenters. The lowest BCUT2D eigenvalue weighted by molar-refractivity contribution is 0.213. The summed E-state index contributed by atoms with van der Waals surface area (Å²) >= 11 is 11.9. The molecule has 0 spiro atoms. The third-order valence-corrected chi connectivity index (χ3v) is 5.74. The Kier molecular flexibility index (Phi) is 5.77. The van der Waals surface area contributed by atoms with E-state index in [0.29, 0.717) is 5.92 Å². The zero-order chi connectivity index (χ0) is 18.6. The van der Waals surface area contributed by atoms with Gasteiger partial charge in [0.25, 0.3) is 0 Å². The number of likely N-dealkylation sites (tertiary alicyclic amines) is 1. The van der Waals surface area contributed by atoms with Crippen LogP contribution in [0.2, 0.25) is 10.0 Å². The Morgan fingerprint density at radius 3 is 2.19 bits per heavy atom. The molecule has 140 valence electrons. The lowest BCUT2D eigenvalue weighted by Gasteiger charge is -2.31. The molecule has 0 saturated carbocycles. The van der Waals surface area contributed by atoms with Crippen molar-refractivity contribution in [3.8, 4) is 5.69 Å². The van der Waals surface area contributed by atoms with Crippen molar-refractivity contribution in [1.29, 1.82) is 0 Å². The van der Waals surface area contributed by atoms with E-state index in [4.69, 9.17) is 23.2 Å². The molecule has 1 saturated heterocycles. The topological polar surface area (TPSA) is 34.0 Å². The molecule has 6 heteroatoms. The first-order valence-corrected chi connectivity index (χ1v) is 10.1. The first kappa shape index (κ1) is 18.5. The molecule has 0 atom stereocenters. The van der Waals surface area contributed by atoms with Crippen molar-refractivity contribution in [2.45, 2.75) is 25.2 Å². The minimum Gasteiger partial charge on any atom is -0.303 e. The van der Waals surface area contributed by atoms with Gasteiger partial charge in [0, 0.05) is 22.5 Å². The minimum absolute atomic E-state index is 0.484. The maximum atomic E-state index is 5.96. The number of hydrogen-bond donors (Lipinski definition) is 0. The summed E-state index contributed by atoms with van der Waals surface area (Å²) in [5, 5.41) is 10.2. The van der Waals surface area contributed by atoms with Crippen LogP contribution in [0.25, 0.3) is 5.69 Å². The molecular formula is C21H22Cl2N4. The van der Waals surface area contributed by atoms with Crippen molar-refractivity contribution in [3.63, 3.8) is 0 Å². The van der Waals surface area contributed by atoms with Gasteiger partial charge in [0.1, 0.15) is 0 Å². The zero-order valence-corrected chi connectivity index (χ0v) is 16.6. The van der Waals surface area contributed by atoms with Gasteiger partial charge in [-0.1, -0.05) is 40.5 Å². The molecule has 2 aromatic carbocycles. The number of nitrogens with zero attached hydrogens (tertiary/aromatic N) is 4. The van der Waals surface area contributed by atoms with E-state index >= 15 is 0 Å². The number of hydrogen-bond acceptors (Lipinski definition) is 3. The molecule has 4 rings (SSSR count). The van der Waals surface area contributed by atoms with Gasteiger partial charge in [-0.25, -0.2) is 4.68 Å². The first-order valence-electron chi connectivity index (χ1n) is 9.32. The monoisotopic (exact) mass is 400 g/mol. The number of halogens is 2. The van der Waals surface area contributed by atoms with Gasteiger partial charge in [-0.15, -0.1) is 5.10 Å². The maximum absolute atomic E-state index is 5.96. The van der Waals surface area contributed by atoms with E-state index in [0.717, 1.165) is 60.3 Å². The highest BCUT2D eigenvalue weighted by molar-refractivity contribution is 6.30. The molecule has 3 aromatic rings. The molecule has 1 aromatic heterocycles. The van der Waals surface area contributed by atoms with Crippen LogP contribution in [-0.2, 0) is 6.42 Å². The summed E-state index contributed by atoms with van der Waals surface area (Å²) in [4.78, 5) is 2.54. The molecule has 4 nitrogen and oxygen atoms in total. The highest BCUT2D eigenvalue weighted by atomic mass is 35.5. The highest BCUT2D eigenvalue weighted by Gasteiger charge is 2.22. The molecule has 1 fully saturated rings. The largest absolute Gasteiger partial charge is 0.303 e. The molecule has 1 aliphatic rings. The van der Waals surface area contributed by atoms with E-state index in [9.17, 15) is 0 Å². The average Bonchev–Trinajstić information content (AvgIpc) is 3.19. The molecule has 27 heavy (non-hydrogen) atoms. The van der Waals surface area contributed by atoms with E-state index in [1.54, 1.807) is 0 Å². The number of rotatable bonds is 5. The first-order chi connectivity index (χ1) is 13.2. The van der Waals surface area contributed by atoms with Crippen molar-refractivity contribution < 1.29 is 0 Å². The van der Waals surface area contributed by atoms with Gasteiger partial charge < -0.3 is 4.90 Å². The summed E-state index contributed by atoms with van der Waals surface area (Å²) in [6.45, 7) is 3.30. The summed E-state index contributed by atoms with van der Waals surface area (Å²) in [5.74, 6) is 0.484. The number of benzene rings is 2. The van der Waals surface area contributed by atoms with Gasteiger partial charge in [-0.3, -0.25) is 0 Å². The smallest absolute Gasteiger partial charge is 0.0863 e. The van der Waals surface area contributed by atoms with Crippen molar-refractivity contribution >= 4 is 23.2 Å². The molecule has 0 bridgehead atoms. The van der Waals surface area contributed by atoms with Crippen molar-refractivity contribution in [3.05, 3.63) is 76.0 Å².